The molecule has 2 rings (SSSR count). The van der Waals surface area contributed by atoms with E-state index in [0.717, 1.165) is 64.2 Å². The molecule has 1 saturated heterocycles. The summed E-state index contributed by atoms with van der Waals surface area (Å²) < 4.78 is 10.9. The van der Waals surface area contributed by atoms with Crippen LogP contribution in [0.5, 0.6) is 0 Å². The maximum atomic E-state index is 12.3. The third-order valence-electron chi connectivity index (χ3n) is 8.91. The summed E-state index contributed by atoms with van der Waals surface area (Å²) in [6.45, 7) is 3.72. The van der Waals surface area contributed by atoms with E-state index in [1.54, 1.807) is 0 Å². The molecule has 0 aromatic carbocycles. The number of cyclic esters (lactones) is 1. The van der Waals surface area contributed by atoms with Gasteiger partial charge in [-0.1, -0.05) is 96.8 Å². The maximum Gasteiger partial charge on any atom is 0.336 e. The van der Waals surface area contributed by atoms with Crippen molar-refractivity contribution in [2.45, 2.75) is 198 Å². The number of aliphatic hydroxyl groups is 3. The van der Waals surface area contributed by atoms with Gasteiger partial charge in [0.1, 0.15) is 5.78 Å². The van der Waals surface area contributed by atoms with E-state index in [1.807, 2.05) is 0 Å². The summed E-state index contributed by atoms with van der Waals surface area (Å²) in [6, 6.07) is 0. The van der Waals surface area contributed by atoms with Gasteiger partial charge in [-0.15, -0.1) is 0 Å². The Balaban J connectivity index is 1.40. The second-order valence-electron chi connectivity index (χ2n) is 13.1. The molecule has 2 heterocycles. The number of carbonyl (C=O) groups excluding carboxylic acids is 2. The summed E-state index contributed by atoms with van der Waals surface area (Å²) in [4.78, 5) is 23.9. The zero-order valence-corrected chi connectivity index (χ0v) is 26.8. The van der Waals surface area contributed by atoms with Gasteiger partial charge < -0.3 is 24.8 Å². The highest BCUT2D eigenvalue weighted by Gasteiger charge is 2.34. The van der Waals surface area contributed by atoms with Crippen LogP contribution in [-0.4, -0.2) is 57.3 Å². The van der Waals surface area contributed by atoms with Crippen LogP contribution in [0.15, 0.2) is 11.6 Å². The Labute approximate surface area is 255 Å². The van der Waals surface area contributed by atoms with E-state index in [9.17, 15) is 24.9 Å². The van der Waals surface area contributed by atoms with Gasteiger partial charge in [0.2, 0.25) is 5.79 Å². The minimum Gasteiger partial charge on any atom is -0.426 e. The number of esters is 1. The largest absolute Gasteiger partial charge is 0.426 e. The Hall–Kier alpha value is -1.28. The SMILES string of the molecule is CCCCCCCCCCCC[C@@H](O)[C@H]1CC[C@H]([C@H](O)CCCC(=O)CCCCCCCCC2=C[C@](C)(O)OC2=O)O1. The Morgan fingerprint density at radius 2 is 1.26 bits per heavy atom. The van der Waals surface area contributed by atoms with Crippen molar-refractivity contribution in [2.75, 3.05) is 0 Å². The van der Waals surface area contributed by atoms with Crippen molar-refractivity contribution in [3.8, 4) is 0 Å². The highest BCUT2D eigenvalue weighted by molar-refractivity contribution is 5.91. The molecule has 7 nitrogen and oxygen atoms in total. The highest BCUT2D eigenvalue weighted by atomic mass is 16.7. The van der Waals surface area contributed by atoms with Crippen LogP contribution in [0.4, 0.5) is 0 Å². The number of ketones is 1. The van der Waals surface area contributed by atoms with Gasteiger partial charge in [0.25, 0.3) is 0 Å². The van der Waals surface area contributed by atoms with Crippen LogP contribution in [0.25, 0.3) is 0 Å². The van der Waals surface area contributed by atoms with Gasteiger partial charge in [0, 0.05) is 25.3 Å². The molecule has 7 heteroatoms. The van der Waals surface area contributed by atoms with Crippen molar-refractivity contribution in [1.29, 1.82) is 0 Å². The van der Waals surface area contributed by atoms with Gasteiger partial charge in [-0.25, -0.2) is 4.79 Å². The summed E-state index contributed by atoms with van der Waals surface area (Å²) in [5, 5.41) is 30.9. The van der Waals surface area contributed by atoms with Crippen LogP contribution in [0.2, 0.25) is 0 Å². The van der Waals surface area contributed by atoms with Gasteiger partial charge in [-0.2, -0.15) is 0 Å². The van der Waals surface area contributed by atoms with Crippen LogP contribution < -0.4 is 0 Å². The summed E-state index contributed by atoms with van der Waals surface area (Å²) in [5.74, 6) is -1.61. The van der Waals surface area contributed by atoms with Gasteiger partial charge in [-0.3, -0.25) is 4.79 Å². The predicted molar refractivity (Wildman–Crippen MR) is 167 cm³/mol. The first-order valence-corrected chi connectivity index (χ1v) is 17.4. The van der Waals surface area contributed by atoms with Crippen molar-refractivity contribution >= 4 is 11.8 Å². The third-order valence-corrected chi connectivity index (χ3v) is 8.91. The zero-order chi connectivity index (χ0) is 30.6. The molecule has 0 spiro atoms. The number of ether oxygens (including phenoxy) is 2. The second-order valence-corrected chi connectivity index (χ2v) is 13.1. The number of aliphatic hydroxyl groups excluding tert-OH is 2. The Bertz CT molecular complexity index is 777. The first-order chi connectivity index (χ1) is 20.2. The number of rotatable bonds is 26. The third kappa shape index (κ3) is 16.0. The van der Waals surface area contributed by atoms with Crippen LogP contribution in [0.1, 0.15) is 168 Å². The fraction of sp³-hybridized carbons (Fsp3) is 0.886. The van der Waals surface area contributed by atoms with Gasteiger partial charge in [0.05, 0.1) is 24.4 Å². The fourth-order valence-electron chi connectivity index (χ4n) is 6.29. The predicted octanol–water partition coefficient (Wildman–Crippen LogP) is 7.62. The van der Waals surface area contributed by atoms with Crippen LogP contribution >= 0.6 is 0 Å². The number of hydrogen-bond acceptors (Lipinski definition) is 7. The lowest BCUT2D eigenvalue weighted by molar-refractivity contribution is -0.172. The number of Topliss-reactive ketones (excluding diaryl/α,β-unsaturated/α-hetero) is 1. The standard InChI is InChI=1S/C35H62O7/c1-3-4-5-6-7-8-9-10-15-18-23-30(37)32-25-26-33(41-32)31(38)24-19-22-29(36)21-17-14-12-11-13-16-20-28-27-35(2,40)42-34(28)39/h27,30-33,37-38,40H,3-26H2,1-2H3/t30-,31-,32-,33-,35-/m1/s1. The first-order valence-electron chi connectivity index (χ1n) is 17.4. The number of hydrogen-bond donors (Lipinski definition) is 3. The molecule has 0 unspecified atom stereocenters. The van der Waals surface area contributed by atoms with Crippen LogP contribution in [0.3, 0.4) is 0 Å². The lowest BCUT2D eigenvalue weighted by Gasteiger charge is -2.22. The lowest BCUT2D eigenvalue weighted by atomic mass is 9.99. The Morgan fingerprint density at radius 3 is 1.81 bits per heavy atom. The smallest absolute Gasteiger partial charge is 0.336 e. The van der Waals surface area contributed by atoms with Gasteiger partial charge in [-0.05, 0) is 57.4 Å². The van der Waals surface area contributed by atoms with E-state index < -0.39 is 24.0 Å². The second kappa shape index (κ2) is 21.4. The molecule has 1 fully saturated rings. The zero-order valence-electron chi connectivity index (χ0n) is 26.8. The number of unbranched alkanes of at least 4 members (excludes halogenated alkanes) is 14. The molecule has 244 valence electrons. The van der Waals surface area contributed by atoms with E-state index in [2.05, 4.69) is 6.92 Å². The quantitative estimate of drug-likeness (QED) is 0.0697. The molecular formula is C35H62O7. The van der Waals surface area contributed by atoms with Crippen molar-refractivity contribution in [1.82, 2.24) is 0 Å². The van der Waals surface area contributed by atoms with Gasteiger partial charge in [0.15, 0.2) is 0 Å². The minimum atomic E-state index is -1.46. The summed E-state index contributed by atoms with van der Waals surface area (Å²) >= 11 is 0. The minimum absolute atomic E-state index is 0.169. The highest BCUT2D eigenvalue weighted by Crippen LogP contribution is 2.29. The molecule has 0 aromatic rings. The van der Waals surface area contributed by atoms with Gasteiger partial charge >= 0.3 is 5.97 Å². The molecule has 0 aliphatic carbocycles. The van der Waals surface area contributed by atoms with Crippen LogP contribution in [-0.2, 0) is 19.1 Å². The molecule has 0 radical (unpaired) electrons. The molecule has 0 saturated carbocycles. The lowest BCUT2D eigenvalue weighted by Crippen LogP contribution is -2.31. The van der Waals surface area contributed by atoms with E-state index >= 15 is 0 Å². The molecular weight excluding hydrogens is 532 g/mol. The molecule has 5 atom stereocenters. The monoisotopic (exact) mass is 594 g/mol. The summed E-state index contributed by atoms with van der Waals surface area (Å²) in [5.41, 5.74) is 0.562. The molecule has 3 N–H and O–H groups in total. The van der Waals surface area contributed by atoms with Crippen molar-refractivity contribution < 1.29 is 34.4 Å². The van der Waals surface area contributed by atoms with Crippen molar-refractivity contribution in [2.24, 2.45) is 0 Å². The maximum absolute atomic E-state index is 12.3. The Kier molecular flexibility index (Phi) is 18.8. The summed E-state index contributed by atoms with van der Waals surface area (Å²) in [6.07, 6.45) is 24.2. The molecule has 2 aliphatic heterocycles. The average molecular weight is 595 g/mol. The summed E-state index contributed by atoms with van der Waals surface area (Å²) in [7, 11) is 0. The van der Waals surface area contributed by atoms with Crippen molar-refractivity contribution in [3.05, 3.63) is 11.6 Å². The molecule has 42 heavy (non-hydrogen) atoms. The topological polar surface area (TPSA) is 113 Å². The number of carbonyl (C=O) groups is 2. The normalized spacial score (nSPS) is 23.6. The molecule has 2 aliphatic rings. The van der Waals surface area contributed by atoms with E-state index in [1.165, 1.54) is 70.8 Å². The van der Waals surface area contributed by atoms with E-state index in [0.29, 0.717) is 37.7 Å². The molecule has 0 bridgehead atoms. The van der Waals surface area contributed by atoms with E-state index in [4.69, 9.17) is 9.47 Å². The Morgan fingerprint density at radius 1 is 0.786 bits per heavy atom. The van der Waals surface area contributed by atoms with Crippen LogP contribution in [0, 0.1) is 0 Å². The molecule has 0 amide bonds. The van der Waals surface area contributed by atoms with Crippen molar-refractivity contribution in [3.63, 3.8) is 0 Å². The first kappa shape index (κ1) is 36.9. The fourth-order valence-corrected chi connectivity index (χ4v) is 6.29. The van der Waals surface area contributed by atoms with E-state index in [-0.39, 0.29) is 18.0 Å². The molecule has 0 aromatic heterocycles. The average Bonchev–Trinajstić information content (AvgIpc) is 3.54.